The summed E-state index contributed by atoms with van der Waals surface area (Å²) >= 11 is 6.33. The molecule has 1 atom stereocenters. The van der Waals surface area contributed by atoms with Crippen LogP contribution in [0.3, 0.4) is 0 Å². The average molecular weight is 475 g/mol. The Balaban J connectivity index is 1.42. The van der Waals surface area contributed by atoms with Crippen molar-refractivity contribution in [2.45, 2.75) is 6.10 Å². The van der Waals surface area contributed by atoms with Crippen LogP contribution in [0, 0.1) is 0 Å². The van der Waals surface area contributed by atoms with Crippen molar-refractivity contribution < 1.29 is 29.1 Å². The van der Waals surface area contributed by atoms with Gasteiger partial charge in [0.15, 0.2) is 5.82 Å². The van der Waals surface area contributed by atoms with Crippen molar-refractivity contribution in [3.05, 3.63) is 59.6 Å². The second kappa shape index (κ2) is 9.69. The third-order valence-corrected chi connectivity index (χ3v) is 5.15. The number of nitrogens with zero attached hydrogens (tertiary/aromatic N) is 3. The zero-order chi connectivity index (χ0) is 23.5. The highest BCUT2D eigenvalue weighted by atomic mass is 35.5. The van der Waals surface area contributed by atoms with Crippen LogP contribution in [-0.2, 0) is 9.57 Å². The van der Waals surface area contributed by atoms with Gasteiger partial charge in [0.05, 0.1) is 29.8 Å². The molecule has 3 aromatic rings. The van der Waals surface area contributed by atoms with Crippen LogP contribution in [0.15, 0.2) is 54.6 Å². The average Bonchev–Trinajstić information content (AvgIpc) is 3.54. The normalized spacial score (nSPS) is 13.0. The molecule has 2 heterocycles. The van der Waals surface area contributed by atoms with Gasteiger partial charge in [-0.1, -0.05) is 52.5 Å². The van der Waals surface area contributed by atoms with Gasteiger partial charge in [-0.2, -0.15) is 5.01 Å². The molecule has 0 saturated carbocycles. The van der Waals surface area contributed by atoms with Crippen LogP contribution in [0.1, 0.15) is 0 Å². The number of carbonyl (C=O) groups is 1. The fraction of sp³-hybridized carbons (Fsp3) is 0.182. The number of nitrogens with one attached hydrogen (secondary N) is 1. The molecular weight excluding hydrogens is 455 g/mol. The standard InChI is InChI=1S/C22H20ClFN4O5/c1-32-28(24)27-19-10-18(23)20(26-21(19)27)15-4-2-13(3-5-15)14-6-8-16(9-7-14)25-22(31)33-12-17(30)11-29/h2-10,17,29-30H,11-12H2,1H3,(H,25,31). The zero-order valence-electron chi connectivity index (χ0n) is 17.4. The maximum atomic E-state index is 13.6. The quantitative estimate of drug-likeness (QED) is 0.254. The number of aromatic nitrogens is 1. The first-order chi connectivity index (χ1) is 15.9. The fourth-order valence-electron chi connectivity index (χ4n) is 3.13. The van der Waals surface area contributed by atoms with E-state index in [0.717, 1.165) is 21.7 Å². The lowest BCUT2D eigenvalue weighted by Gasteiger charge is -2.10. The lowest BCUT2D eigenvalue weighted by Crippen LogP contribution is -2.24. The predicted molar refractivity (Wildman–Crippen MR) is 120 cm³/mol. The highest BCUT2D eigenvalue weighted by Crippen LogP contribution is 2.50. The van der Waals surface area contributed by atoms with Gasteiger partial charge in [0.2, 0.25) is 0 Å². The second-order valence-corrected chi connectivity index (χ2v) is 7.50. The summed E-state index contributed by atoms with van der Waals surface area (Å²) in [6.07, 6.45) is -1.84. The molecule has 4 rings (SSSR count). The van der Waals surface area contributed by atoms with Gasteiger partial charge in [-0.3, -0.25) is 10.2 Å². The molecule has 1 aliphatic heterocycles. The minimum atomic E-state index is -1.11. The molecule has 1 aliphatic rings. The Hall–Kier alpha value is -3.28. The summed E-state index contributed by atoms with van der Waals surface area (Å²) in [5.41, 5.74) is 4.19. The molecule has 1 amide bonds. The molecule has 33 heavy (non-hydrogen) atoms. The Labute approximate surface area is 193 Å². The number of carbonyl (C=O) groups excluding carboxylic acids is 1. The van der Waals surface area contributed by atoms with Crippen molar-refractivity contribution >= 4 is 34.9 Å². The molecule has 0 saturated heterocycles. The highest BCUT2D eigenvalue weighted by molar-refractivity contribution is 6.33. The summed E-state index contributed by atoms with van der Waals surface area (Å²) in [5.74, 6) is 0.426. The monoisotopic (exact) mass is 474 g/mol. The van der Waals surface area contributed by atoms with E-state index in [1.807, 2.05) is 36.4 Å². The van der Waals surface area contributed by atoms with Crippen molar-refractivity contribution in [1.82, 2.24) is 10.4 Å². The van der Waals surface area contributed by atoms with Gasteiger partial charge in [0.1, 0.15) is 18.4 Å². The van der Waals surface area contributed by atoms with E-state index < -0.39 is 18.8 Å². The van der Waals surface area contributed by atoms with Gasteiger partial charge >= 0.3 is 6.09 Å². The van der Waals surface area contributed by atoms with Crippen LogP contribution < -0.4 is 10.3 Å². The van der Waals surface area contributed by atoms with E-state index in [0.29, 0.717) is 27.9 Å². The van der Waals surface area contributed by atoms with Gasteiger partial charge in [0.25, 0.3) is 0 Å². The minimum absolute atomic E-state index is 0.0809. The first-order valence-electron chi connectivity index (χ1n) is 9.85. The minimum Gasteiger partial charge on any atom is -0.446 e. The molecule has 0 fully saturated rings. The maximum Gasteiger partial charge on any atom is 0.411 e. The molecule has 172 valence electrons. The number of hydrogen-bond acceptors (Lipinski definition) is 8. The molecule has 0 aliphatic carbocycles. The zero-order valence-corrected chi connectivity index (χ0v) is 18.2. The molecule has 11 heteroatoms. The number of benzene rings is 2. The number of aliphatic hydroxyl groups excluding tert-OH is 2. The Morgan fingerprint density at radius 1 is 1.18 bits per heavy atom. The molecule has 2 aromatic carbocycles. The number of pyridine rings is 1. The number of ether oxygens (including phenoxy) is 1. The first kappa shape index (κ1) is 22.9. The second-order valence-electron chi connectivity index (χ2n) is 7.10. The fourth-order valence-corrected chi connectivity index (χ4v) is 3.38. The van der Waals surface area contributed by atoms with E-state index in [2.05, 4.69) is 15.1 Å². The number of hydrogen-bond donors (Lipinski definition) is 3. The molecular formula is C22H20ClFN4O5. The summed E-state index contributed by atoms with van der Waals surface area (Å²) in [7, 11) is 1.21. The largest absolute Gasteiger partial charge is 0.446 e. The number of halogens is 2. The summed E-state index contributed by atoms with van der Waals surface area (Å²) < 4.78 is 18.4. The van der Waals surface area contributed by atoms with Gasteiger partial charge in [-0.25, -0.2) is 9.78 Å². The van der Waals surface area contributed by atoms with E-state index >= 15 is 0 Å². The van der Waals surface area contributed by atoms with Crippen molar-refractivity contribution in [1.29, 1.82) is 0 Å². The lowest BCUT2D eigenvalue weighted by molar-refractivity contribution is -0.257. The summed E-state index contributed by atoms with van der Waals surface area (Å²) in [4.78, 5) is 20.6. The van der Waals surface area contributed by atoms with Crippen LogP contribution in [0.2, 0.25) is 5.02 Å². The van der Waals surface area contributed by atoms with Crippen LogP contribution in [0.25, 0.3) is 22.4 Å². The Bertz CT molecular complexity index is 1150. The number of anilines is 3. The molecule has 0 bridgehead atoms. The third kappa shape index (κ3) is 5.05. The van der Waals surface area contributed by atoms with Crippen molar-refractivity contribution in [3.63, 3.8) is 0 Å². The summed E-state index contributed by atoms with van der Waals surface area (Å²) in [6.45, 7) is -0.787. The first-order valence-corrected chi connectivity index (χ1v) is 10.2. The third-order valence-electron chi connectivity index (χ3n) is 4.86. The van der Waals surface area contributed by atoms with Crippen molar-refractivity contribution in [3.8, 4) is 22.4 Å². The molecule has 0 spiro atoms. The maximum absolute atomic E-state index is 13.6. The highest BCUT2D eigenvalue weighted by Gasteiger charge is 2.39. The van der Waals surface area contributed by atoms with E-state index in [4.69, 9.17) is 21.4 Å². The van der Waals surface area contributed by atoms with Gasteiger partial charge in [-0.05, 0) is 29.3 Å². The topological polar surface area (TPSA) is 107 Å². The molecule has 1 unspecified atom stereocenters. The SMILES string of the molecule is CON(F)N1c2cc(Cl)c(-c3ccc(-c4ccc(NC(=O)OCC(O)CO)cc4)cc3)nc21. The Morgan fingerprint density at radius 3 is 2.39 bits per heavy atom. The number of aliphatic hydroxyl groups is 2. The number of fused-ring (bicyclic) bond motifs is 1. The van der Waals surface area contributed by atoms with E-state index in [-0.39, 0.29) is 12.0 Å². The molecule has 0 radical (unpaired) electrons. The summed E-state index contributed by atoms with van der Waals surface area (Å²) in [6, 6.07) is 16.2. The molecule has 3 N–H and O–H groups in total. The van der Waals surface area contributed by atoms with Crippen LogP contribution in [0.5, 0.6) is 0 Å². The van der Waals surface area contributed by atoms with Crippen LogP contribution >= 0.6 is 11.6 Å². The van der Waals surface area contributed by atoms with E-state index in [9.17, 15) is 14.4 Å². The van der Waals surface area contributed by atoms with E-state index in [1.165, 1.54) is 7.11 Å². The summed E-state index contributed by atoms with van der Waals surface area (Å²) in [5, 5.41) is 22.1. The van der Waals surface area contributed by atoms with E-state index in [1.54, 1.807) is 18.2 Å². The molecule has 1 aromatic heterocycles. The van der Waals surface area contributed by atoms with Gasteiger partial charge in [0, 0.05) is 11.3 Å². The van der Waals surface area contributed by atoms with Crippen molar-refractivity contribution in [2.24, 2.45) is 0 Å². The Kier molecular flexibility index (Phi) is 6.72. The van der Waals surface area contributed by atoms with Crippen LogP contribution in [-0.4, -0.2) is 53.1 Å². The van der Waals surface area contributed by atoms with Crippen LogP contribution in [0.4, 0.5) is 26.5 Å². The number of amides is 1. The number of hydrazine groups is 1. The Morgan fingerprint density at radius 2 is 1.79 bits per heavy atom. The number of rotatable bonds is 8. The van der Waals surface area contributed by atoms with Gasteiger partial charge in [-0.15, -0.1) is 0 Å². The lowest BCUT2D eigenvalue weighted by atomic mass is 10.0. The predicted octanol–water partition coefficient (Wildman–Crippen LogP) is 4.09. The molecule has 9 nitrogen and oxygen atoms in total. The van der Waals surface area contributed by atoms with Crippen molar-refractivity contribution in [2.75, 3.05) is 30.6 Å². The van der Waals surface area contributed by atoms with Gasteiger partial charge < -0.3 is 14.9 Å². The smallest absolute Gasteiger partial charge is 0.411 e.